The monoisotopic (exact) mass is 469 g/mol. The molecule has 1 aliphatic rings. The Bertz CT molecular complexity index is 1240. The molecular weight excluding hydrogens is 454 g/mol. The number of imide groups is 1. The van der Waals surface area contributed by atoms with Gasteiger partial charge in [-0.3, -0.25) is 19.8 Å². The lowest BCUT2D eigenvalue weighted by atomic mass is 10.2. The molecule has 0 fully saturated rings. The Kier molecular flexibility index (Phi) is 5.84. The van der Waals surface area contributed by atoms with E-state index < -0.39 is 11.8 Å². The summed E-state index contributed by atoms with van der Waals surface area (Å²) in [4.78, 5) is 49.1. The molecule has 0 radical (unpaired) electrons. The van der Waals surface area contributed by atoms with Crippen molar-refractivity contribution in [1.29, 1.82) is 0 Å². The molecule has 12 heteroatoms. The van der Waals surface area contributed by atoms with Crippen LogP contribution in [0, 0.1) is 13.8 Å². The van der Waals surface area contributed by atoms with Crippen molar-refractivity contribution in [2.45, 2.75) is 13.8 Å². The van der Waals surface area contributed by atoms with Crippen molar-refractivity contribution in [3.05, 3.63) is 63.9 Å². The summed E-state index contributed by atoms with van der Waals surface area (Å²) in [5.41, 5.74) is 4.04. The van der Waals surface area contributed by atoms with E-state index in [1.807, 2.05) is 13.0 Å². The van der Waals surface area contributed by atoms with Crippen LogP contribution >= 0.6 is 22.9 Å². The van der Waals surface area contributed by atoms with Gasteiger partial charge < -0.3 is 10.6 Å². The molecule has 0 aliphatic carbocycles. The van der Waals surface area contributed by atoms with E-state index in [4.69, 9.17) is 11.6 Å². The second kappa shape index (κ2) is 8.73. The fourth-order valence-electron chi connectivity index (χ4n) is 2.83. The first-order valence-electron chi connectivity index (χ1n) is 9.28. The quantitative estimate of drug-likeness (QED) is 0.468. The number of aryl methyl sites for hydroxylation is 2. The minimum Gasteiger partial charge on any atom is -0.320 e. The van der Waals surface area contributed by atoms with Crippen LogP contribution in [0.4, 0.5) is 22.5 Å². The number of nitrogens with zero attached hydrogens (tertiary/aromatic N) is 4. The van der Waals surface area contributed by atoms with Gasteiger partial charge in [0, 0.05) is 18.2 Å². The number of nitrogens with one attached hydrogen (secondary N) is 3. The molecule has 4 rings (SSSR count). The van der Waals surface area contributed by atoms with E-state index in [0.29, 0.717) is 32.4 Å². The van der Waals surface area contributed by atoms with Crippen LogP contribution in [-0.2, 0) is 9.59 Å². The second-order valence-electron chi connectivity index (χ2n) is 6.68. The Morgan fingerprint density at radius 2 is 1.81 bits per heavy atom. The van der Waals surface area contributed by atoms with E-state index in [-0.39, 0.29) is 11.7 Å². The predicted molar refractivity (Wildman–Crippen MR) is 121 cm³/mol. The van der Waals surface area contributed by atoms with Crippen molar-refractivity contribution < 1.29 is 14.4 Å². The van der Waals surface area contributed by atoms with E-state index in [2.05, 4.69) is 31.0 Å². The van der Waals surface area contributed by atoms with E-state index >= 15 is 0 Å². The zero-order valence-electron chi connectivity index (χ0n) is 16.8. The molecular formula is C20H16ClN7O3S. The lowest BCUT2D eigenvalue weighted by Gasteiger charge is -2.16. The summed E-state index contributed by atoms with van der Waals surface area (Å²) < 4.78 is 0. The van der Waals surface area contributed by atoms with Crippen molar-refractivity contribution in [2.24, 2.45) is 0 Å². The Hall–Kier alpha value is -3.83. The molecule has 3 amide bonds. The average molecular weight is 470 g/mol. The number of hydrazine groups is 1. The number of carbonyl (C=O) groups is 3. The van der Waals surface area contributed by atoms with Gasteiger partial charge in [0.25, 0.3) is 17.7 Å². The third-order valence-corrected chi connectivity index (χ3v) is 5.53. The first kappa shape index (κ1) is 21.4. The number of thiazole rings is 1. The van der Waals surface area contributed by atoms with E-state index in [0.717, 1.165) is 34.1 Å². The number of para-hydroxylation sites is 1. The zero-order valence-corrected chi connectivity index (χ0v) is 18.4. The first-order valence-corrected chi connectivity index (χ1v) is 10.5. The molecule has 2 aromatic heterocycles. The number of carbonyl (C=O) groups excluding carboxylic acids is 3. The molecule has 0 saturated carbocycles. The van der Waals surface area contributed by atoms with Crippen LogP contribution in [-0.4, -0.2) is 37.7 Å². The largest absolute Gasteiger partial charge is 0.320 e. The highest BCUT2D eigenvalue weighted by Crippen LogP contribution is 2.28. The van der Waals surface area contributed by atoms with Gasteiger partial charge in [-0.05, 0) is 25.5 Å². The van der Waals surface area contributed by atoms with Crippen molar-refractivity contribution >= 4 is 63.1 Å². The van der Waals surface area contributed by atoms with Crippen molar-refractivity contribution in [1.82, 2.24) is 20.0 Å². The fraction of sp³-hybridized carbons (Fsp3) is 0.100. The minimum absolute atomic E-state index is 0.245. The van der Waals surface area contributed by atoms with Gasteiger partial charge >= 0.3 is 0 Å². The van der Waals surface area contributed by atoms with Crippen LogP contribution in [0.2, 0.25) is 5.02 Å². The fourth-order valence-corrected chi connectivity index (χ4v) is 3.81. The molecule has 0 unspecified atom stereocenters. The van der Waals surface area contributed by atoms with Crippen LogP contribution in [0.5, 0.6) is 0 Å². The molecule has 32 heavy (non-hydrogen) atoms. The molecule has 0 bridgehead atoms. The number of hydrogen-bond acceptors (Lipinski definition) is 9. The lowest BCUT2D eigenvalue weighted by molar-refractivity contribution is -0.135. The number of halogens is 1. The van der Waals surface area contributed by atoms with Gasteiger partial charge in [-0.15, -0.1) is 0 Å². The molecule has 0 spiro atoms. The Balaban J connectivity index is 1.47. The van der Waals surface area contributed by atoms with Gasteiger partial charge in [-0.2, -0.15) is 5.01 Å². The topological polar surface area (TPSA) is 129 Å². The van der Waals surface area contributed by atoms with Crippen LogP contribution in [0.1, 0.15) is 21.1 Å². The normalized spacial score (nSPS) is 12.9. The smallest absolute Gasteiger partial charge is 0.272 e. The van der Waals surface area contributed by atoms with E-state index in [9.17, 15) is 14.4 Å². The number of amides is 3. The van der Waals surface area contributed by atoms with Crippen LogP contribution in [0.15, 0.2) is 42.6 Å². The first-order chi connectivity index (χ1) is 15.3. The third kappa shape index (κ3) is 4.58. The standard InChI is InChI=1S/C20H16ClN7O3S/c1-10-4-3-5-12(21)18(10)26-19(31)13-9-22-20(32-13)25-14-8-15(24-11(2)23-14)27-28-16(29)6-7-17(28)30/h3-9H,1-2H3,(H,26,31)(H2,22,23,24,25,27). The minimum atomic E-state index is -0.495. The van der Waals surface area contributed by atoms with E-state index in [1.165, 1.54) is 12.3 Å². The molecule has 3 N–H and O–H groups in total. The summed E-state index contributed by atoms with van der Waals surface area (Å²) >= 11 is 7.30. The Morgan fingerprint density at radius 3 is 2.53 bits per heavy atom. The number of rotatable bonds is 6. The maximum Gasteiger partial charge on any atom is 0.272 e. The number of aromatic nitrogens is 3. The summed E-state index contributed by atoms with van der Waals surface area (Å²) in [5, 5.41) is 7.51. The molecule has 0 saturated heterocycles. The molecule has 3 aromatic rings. The van der Waals surface area contributed by atoms with E-state index in [1.54, 1.807) is 19.1 Å². The number of hydrogen-bond donors (Lipinski definition) is 3. The summed E-state index contributed by atoms with van der Waals surface area (Å²) in [6, 6.07) is 6.87. The van der Waals surface area contributed by atoms with Crippen LogP contribution in [0.25, 0.3) is 0 Å². The number of benzene rings is 1. The van der Waals surface area contributed by atoms with Gasteiger partial charge in [-0.1, -0.05) is 35.1 Å². The summed E-state index contributed by atoms with van der Waals surface area (Å²) in [7, 11) is 0. The van der Waals surface area contributed by atoms with Crippen molar-refractivity contribution in [2.75, 3.05) is 16.1 Å². The van der Waals surface area contributed by atoms with Crippen LogP contribution in [0.3, 0.4) is 0 Å². The van der Waals surface area contributed by atoms with Crippen LogP contribution < -0.4 is 16.1 Å². The highest BCUT2D eigenvalue weighted by atomic mass is 35.5. The molecule has 1 aliphatic heterocycles. The van der Waals surface area contributed by atoms with Crippen molar-refractivity contribution in [3.63, 3.8) is 0 Å². The summed E-state index contributed by atoms with van der Waals surface area (Å²) in [6.07, 6.45) is 3.76. The second-order valence-corrected chi connectivity index (χ2v) is 8.12. The molecule has 10 nitrogen and oxygen atoms in total. The Morgan fingerprint density at radius 1 is 1.09 bits per heavy atom. The molecule has 0 atom stereocenters. The molecule has 1 aromatic carbocycles. The predicted octanol–water partition coefficient (Wildman–Crippen LogP) is 3.45. The van der Waals surface area contributed by atoms with Crippen molar-refractivity contribution in [3.8, 4) is 0 Å². The third-order valence-electron chi connectivity index (χ3n) is 4.30. The Labute approximate surface area is 191 Å². The SMILES string of the molecule is Cc1nc(Nc2ncc(C(=O)Nc3c(C)cccc3Cl)s2)cc(NN2C(=O)C=CC2=O)n1. The molecule has 162 valence electrons. The average Bonchev–Trinajstić information content (AvgIpc) is 3.32. The highest BCUT2D eigenvalue weighted by Gasteiger charge is 2.24. The van der Waals surface area contributed by atoms with Gasteiger partial charge in [0.15, 0.2) is 10.9 Å². The van der Waals surface area contributed by atoms with Gasteiger partial charge in [0.2, 0.25) is 0 Å². The number of anilines is 4. The lowest BCUT2D eigenvalue weighted by Crippen LogP contribution is -2.35. The summed E-state index contributed by atoms with van der Waals surface area (Å²) in [6.45, 7) is 3.51. The summed E-state index contributed by atoms with van der Waals surface area (Å²) in [5.74, 6) is -0.320. The highest BCUT2D eigenvalue weighted by molar-refractivity contribution is 7.17. The van der Waals surface area contributed by atoms with Gasteiger partial charge in [0.1, 0.15) is 16.5 Å². The zero-order chi connectivity index (χ0) is 22.8. The maximum atomic E-state index is 12.6. The maximum absolute atomic E-state index is 12.6. The van der Waals surface area contributed by atoms with Gasteiger partial charge in [0.05, 0.1) is 16.9 Å². The molecule has 3 heterocycles. The van der Waals surface area contributed by atoms with Gasteiger partial charge in [-0.25, -0.2) is 15.0 Å².